The van der Waals surface area contributed by atoms with Crippen LogP contribution in [0.3, 0.4) is 0 Å². The summed E-state index contributed by atoms with van der Waals surface area (Å²) in [6, 6.07) is 3.58. The highest BCUT2D eigenvalue weighted by Gasteiger charge is 2.12. The molecule has 2 aromatic heterocycles. The molecule has 2 heterocycles. The summed E-state index contributed by atoms with van der Waals surface area (Å²) in [6.07, 6.45) is 1.83. The molecule has 0 fully saturated rings. The number of hydrogen-bond donors (Lipinski definition) is 2. The molecule has 6 nitrogen and oxygen atoms in total. The van der Waals surface area contributed by atoms with Gasteiger partial charge in [-0.2, -0.15) is 4.37 Å². The lowest BCUT2D eigenvalue weighted by Crippen LogP contribution is -2.14. The fraction of sp³-hybridized carbons (Fsp3) is 0.429. The van der Waals surface area contributed by atoms with E-state index in [1.807, 2.05) is 13.0 Å². The Morgan fingerprint density at radius 1 is 1.29 bits per heavy atom. The molecule has 21 heavy (non-hydrogen) atoms. The molecule has 0 aromatic carbocycles. The van der Waals surface area contributed by atoms with E-state index in [-0.39, 0.29) is 5.91 Å². The van der Waals surface area contributed by atoms with Crippen molar-refractivity contribution >= 4 is 28.4 Å². The van der Waals surface area contributed by atoms with Gasteiger partial charge in [0.1, 0.15) is 11.6 Å². The van der Waals surface area contributed by atoms with Gasteiger partial charge >= 0.3 is 0 Å². The van der Waals surface area contributed by atoms with Crippen molar-refractivity contribution in [3.63, 3.8) is 0 Å². The first-order chi connectivity index (χ1) is 10.1. The summed E-state index contributed by atoms with van der Waals surface area (Å²) in [5, 5.41) is 6.43. The van der Waals surface area contributed by atoms with E-state index in [1.54, 1.807) is 13.0 Å². The number of aromatic nitrogens is 3. The van der Waals surface area contributed by atoms with Gasteiger partial charge in [-0.1, -0.05) is 13.3 Å². The van der Waals surface area contributed by atoms with Crippen LogP contribution in [0, 0.1) is 6.92 Å². The van der Waals surface area contributed by atoms with Gasteiger partial charge in [0.15, 0.2) is 0 Å². The Bertz CT molecular complexity index is 601. The Balaban J connectivity index is 2.21. The Labute approximate surface area is 128 Å². The molecule has 0 saturated carbocycles. The van der Waals surface area contributed by atoms with Crippen molar-refractivity contribution in [1.29, 1.82) is 0 Å². The third kappa shape index (κ3) is 4.22. The Kier molecular flexibility index (Phi) is 5.21. The number of carbonyl (C=O) groups excluding carboxylic acids is 1. The first kappa shape index (κ1) is 15.4. The summed E-state index contributed by atoms with van der Waals surface area (Å²) < 4.78 is 4.05. The second-order valence-electron chi connectivity index (χ2n) is 4.61. The number of nitrogens with one attached hydrogen (secondary N) is 2. The minimum absolute atomic E-state index is 0.190. The first-order valence-corrected chi connectivity index (χ1v) is 7.76. The van der Waals surface area contributed by atoms with Crippen LogP contribution in [0.15, 0.2) is 12.1 Å². The zero-order valence-corrected chi connectivity index (χ0v) is 13.3. The van der Waals surface area contributed by atoms with Crippen molar-refractivity contribution in [3.05, 3.63) is 29.2 Å². The minimum Gasteiger partial charge on any atom is -0.370 e. The average Bonchev–Trinajstić information content (AvgIpc) is 2.84. The van der Waals surface area contributed by atoms with E-state index < -0.39 is 0 Å². The van der Waals surface area contributed by atoms with E-state index in [4.69, 9.17) is 0 Å². The second kappa shape index (κ2) is 7.12. The van der Waals surface area contributed by atoms with Crippen LogP contribution in [0.1, 0.15) is 42.1 Å². The van der Waals surface area contributed by atoms with E-state index in [0.717, 1.165) is 30.9 Å². The molecule has 0 saturated heterocycles. The molecule has 0 atom stereocenters. The molecule has 0 spiro atoms. The lowest BCUT2D eigenvalue weighted by Gasteiger charge is -2.09. The van der Waals surface area contributed by atoms with Crippen molar-refractivity contribution in [2.24, 2.45) is 0 Å². The highest BCUT2D eigenvalue weighted by atomic mass is 32.1. The van der Waals surface area contributed by atoms with Crippen LogP contribution in [0.2, 0.25) is 0 Å². The standard InChI is InChI=1S/C14H19N5OS/c1-4-6-11-7-10(8-12(17-11)15-5-2)13(20)18-14-16-9(3)19-21-14/h7-8H,4-6H2,1-3H3,(H,15,17)(H,16,18,19,20). The molecule has 0 unspecified atom stereocenters. The zero-order valence-electron chi connectivity index (χ0n) is 12.4. The van der Waals surface area contributed by atoms with E-state index in [9.17, 15) is 4.79 Å². The van der Waals surface area contributed by atoms with E-state index >= 15 is 0 Å². The summed E-state index contributed by atoms with van der Waals surface area (Å²) in [4.78, 5) is 20.9. The lowest BCUT2D eigenvalue weighted by atomic mass is 10.1. The summed E-state index contributed by atoms with van der Waals surface area (Å²) in [7, 11) is 0. The maximum Gasteiger partial charge on any atom is 0.257 e. The monoisotopic (exact) mass is 305 g/mol. The Hall–Kier alpha value is -2.02. The maximum absolute atomic E-state index is 12.3. The van der Waals surface area contributed by atoms with Crippen molar-refractivity contribution in [2.75, 3.05) is 17.2 Å². The van der Waals surface area contributed by atoms with Crippen molar-refractivity contribution in [1.82, 2.24) is 14.3 Å². The minimum atomic E-state index is -0.190. The number of hydrogen-bond acceptors (Lipinski definition) is 6. The fourth-order valence-corrected chi connectivity index (χ4v) is 2.46. The van der Waals surface area contributed by atoms with Crippen LogP contribution in [0.5, 0.6) is 0 Å². The molecular formula is C14H19N5OS. The second-order valence-corrected chi connectivity index (χ2v) is 5.37. The summed E-state index contributed by atoms with van der Waals surface area (Å²) in [6.45, 7) is 6.64. The van der Waals surface area contributed by atoms with Gasteiger partial charge in [0.05, 0.1) is 0 Å². The fourth-order valence-electron chi connectivity index (χ4n) is 1.89. The highest BCUT2D eigenvalue weighted by Crippen LogP contribution is 2.16. The molecule has 2 aromatic rings. The number of nitrogens with zero attached hydrogens (tertiary/aromatic N) is 3. The molecule has 112 valence electrons. The average molecular weight is 305 g/mol. The van der Waals surface area contributed by atoms with Gasteiger partial charge < -0.3 is 5.32 Å². The molecule has 0 aliphatic carbocycles. The van der Waals surface area contributed by atoms with Crippen LogP contribution >= 0.6 is 11.5 Å². The van der Waals surface area contributed by atoms with Crippen LogP contribution in [0.25, 0.3) is 0 Å². The molecule has 2 rings (SSSR count). The van der Waals surface area contributed by atoms with Crippen molar-refractivity contribution in [2.45, 2.75) is 33.6 Å². The lowest BCUT2D eigenvalue weighted by molar-refractivity contribution is 0.102. The van der Waals surface area contributed by atoms with Crippen LogP contribution in [0.4, 0.5) is 10.9 Å². The predicted octanol–water partition coefficient (Wildman–Crippen LogP) is 2.88. The van der Waals surface area contributed by atoms with Gasteiger partial charge in [0.2, 0.25) is 5.13 Å². The summed E-state index contributed by atoms with van der Waals surface area (Å²) in [5.41, 5.74) is 1.49. The number of carbonyl (C=O) groups is 1. The zero-order chi connectivity index (χ0) is 15.2. The van der Waals surface area contributed by atoms with Gasteiger partial charge in [-0.15, -0.1) is 0 Å². The Morgan fingerprint density at radius 3 is 2.71 bits per heavy atom. The SMILES string of the molecule is CCCc1cc(C(=O)Nc2nc(C)ns2)cc(NCC)n1. The van der Waals surface area contributed by atoms with Crippen molar-refractivity contribution < 1.29 is 4.79 Å². The van der Waals surface area contributed by atoms with Crippen LogP contribution in [-0.2, 0) is 6.42 Å². The molecule has 0 bridgehead atoms. The summed E-state index contributed by atoms with van der Waals surface area (Å²) >= 11 is 1.18. The van der Waals surface area contributed by atoms with E-state index in [0.29, 0.717) is 16.5 Å². The number of amides is 1. The predicted molar refractivity (Wildman–Crippen MR) is 85.0 cm³/mol. The normalized spacial score (nSPS) is 10.4. The largest absolute Gasteiger partial charge is 0.370 e. The van der Waals surface area contributed by atoms with E-state index in [1.165, 1.54) is 11.5 Å². The molecule has 0 aliphatic heterocycles. The third-order valence-corrected chi connectivity index (χ3v) is 3.47. The van der Waals surface area contributed by atoms with Gasteiger partial charge in [-0.3, -0.25) is 10.1 Å². The van der Waals surface area contributed by atoms with Crippen LogP contribution in [-0.4, -0.2) is 26.8 Å². The molecule has 0 aliphatic rings. The van der Waals surface area contributed by atoms with Gasteiger partial charge in [-0.25, -0.2) is 9.97 Å². The first-order valence-electron chi connectivity index (χ1n) is 6.98. The quantitative estimate of drug-likeness (QED) is 0.858. The number of pyridine rings is 1. The number of rotatable bonds is 6. The Morgan fingerprint density at radius 2 is 2.10 bits per heavy atom. The molecular weight excluding hydrogens is 286 g/mol. The maximum atomic E-state index is 12.3. The third-order valence-electron chi connectivity index (χ3n) is 2.75. The van der Waals surface area contributed by atoms with Gasteiger partial charge in [0, 0.05) is 29.3 Å². The number of aryl methyl sites for hydroxylation is 2. The van der Waals surface area contributed by atoms with Gasteiger partial charge in [-0.05, 0) is 32.4 Å². The van der Waals surface area contributed by atoms with Crippen molar-refractivity contribution in [3.8, 4) is 0 Å². The number of anilines is 2. The molecule has 1 amide bonds. The smallest absolute Gasteiger partial charge is 0.257 e. The molecule has 7 heteroatoms. The summed E-state index contributed by atoms with van der Waals surface area (Å²) in [5.74, 6) is 1.19. The highest BCUT2D eigenvalue weighted by molar-refractivity contribution is 7.09. The topological polar surface area (TPSA) is 79.8 Å². The molecule has 0 radical (unpaired) electrons. The van der Waals surface area contributed by atoms with Gasteiger partial charge in [0.25, 0.3) is 5.91 Å². The van der Waals surface area contributed by atoms with Crippen LogP contribution < -0.4 is 10.6 Å². The molecule has 2 N–H and O–H groups in total. The van der Waals surface area contributed by atoms with E-state index in [2.05, 4.69) is 31.9 Å².